The zero-order chi connectivity index (χ0) is 18.0. The molecule has 1 aromatic heterocycles. The highest BCUT2D eigenvalue weighted by Gasteiger charge is 2.29. The monoisotopic (exact) mass is 359 g/mol. The van der Waals surface area contributed by atoms with E-state index in [0.29, 0.717) is 29.8 Å². The SMILES string of the molecule is CC(C)Cc1ncc2c(n1)CN(C(=O)C(C)Oc1cccc(Cl)c1)C2. The molecular weight excluding hydrogens is 338 g/mol. The maximum absolute atomic E-state index is 12.7. The van der Waals surface area contributed by atoms with Crippen molar-refractivity contribution >= 4 is 17.5 Å². The number of hydrogen-bond acceptors (Lipinski definition) is 4. The van der Waals surface area contributed by atoms with Gasteiger partial charge in [0.15, 0.2) is 6.10 Å². The fourth-order valence-electron chi connectivity index (χ4n) is 2.87. The minimum absolute atomic E-state index is 0.0663. The van der Waals surface area contributed by atoms with Crippen LogP contribution in [-0.2, 0) is 24.3 Å². The molecule has 0 spiro atoms. The second-order valence-electron chi connectivity index (χ2n) is 6.77. The van der Waals surface area contributed by atoms with Crippen LogP contribution in [-0.4, -0.2) is 26.9 Å². The van der Waals surface area contributed by atoms with Gasteiger partial charge in [0.1, 0.15) is 11.6 Å². The summed E-state index contributed by atoms with van der Waals surface area (Å²) in [6.45, 7) is 7.06. The molecule has 1 aliphatic rings. The number of aromatic nitrogens is 2. The first-order valence-electron chi connectivity index (χ1n) is 8.47. The van der Waals surface area contributed by atoms with Gasteiger partial charge in [0, 0.05) is 29.7 Å². The molecule has 0 saturated carbocycles. The number of rotatable bonds is 5. The lowest BCUT2D eigenvalue weighted by Gasteiger charge is -2.21. The summed E-state index contributed by atoms with van der Waals surface area (Å²) in [5.41, 5.74) is 1.95. The Morgan fingerprint density at radius 3 is 2.84 bits per heavy atom. The third-order valence-electron chi connectivity index (χ3n) is 4.07. The van der Waals surface area contributed by atoms with Gasteiger partial charge in [0.05, 0.1) is 12.2 Å². The zero-order valence-electron chi connectivity index (χ0n) is 14.7. The Morgan fingerprint density at radius 1 is 1.32 bits per heavy atom. The highest BCUT2D eigenvalue weighted by Crippen LogP contribution is 2.23. The van der Waals surface area contributed by atoms with E-state index in [1.54, 1.807) is 36.1 Å². The average Bonchev–Trinajstić information content (AvgIpc) is 2.96. The molecule has 0 aliphatic carbocycles. The Morgan fingerprint density at radius 2 is 2.12 bits per heavy atom. The fourth-order valence-corrected chi connectivity index (χ4v) is 3.05. The van der Waals surface area contributed by atoms with Crippen LogP contribution in [0.1, 0.15) is 37.9 Å². The molecule has 3 rings (SSSR count). The summed E-state index contributed by atoms with van der Waals surface area (Å²) >= 11 is 5.96. The fraction of sp³-hybridized carbons (Fsp3) is 0.421. The van der Waals surface area contributed by atoms with Crippen LogP contribution in [0.4, 0.5) is 0 Å². The molecule has 1 atom stereocenters. The Balaban J connectivity index is 1.65. The number of nitrogens with zero attached hydrogens (tertiary/aromatic N) is 3. The summed E-state index contributed by atoms with van der Waals surface area (Å²) < 4.78 is 5.73. The molecule has 1 unspecified atom stereocenters. The van der Waals surface area contributed by atoms with E-state index < -0.39 is 6.10 Å². The van der Waals surface area contributed by atoms with Gasteiger partial charge in [0.25, 0.3) is 5.91 Å². The van der Waals surface area contributed by atoms with E-state index in [9.17, 15) is 4.79 Å². The van der Waals surface area contributed by atoms with E-state index in [-0.39, 0.29) is 5.91 Å². The van der Waals surface area contributed by atoms with Gasteiger partial charge in [-0.3, -0.25) is 4.79 Å². The number of carbonyl (C=O) groups is 1. The van der Waals surface area contributed by atoms with Gasteiger partial charge in [0.2, 0.25) is 0 Å². The molecule has 2 aromatic rings. The van der Waals surface area contributed by atoms with Crippen molar-refractivity contribution in [2.24, 2.45) is 5.92 Å². The molecule has 0 radical (unpaired) electrons. The van der Waals surface area contributed by atoms with Gasteiger partial charge in [-0.25, -0.2) is 9.97 Å². The van der Waals surface area contributed by atoms with E-state index >= 15 is 0 Å². The van der Waals surface area contributed by atoms with Gasteiger partial charge >= 0.3 is 0 Å². The van der Waals surface area contributed by atoms with Gasteiger partial charge in [-0.05, 0) is 31.0 Å². The van der Waals surface area contributed by atoms with Crippen LogP contribution in [0.25, 0.3) is 0 Å². The molecule has 1 aromatic carbocycles. The number of benzene rings is 1. The van der Waals surface area contributed by atoms with Crippen LogP contribution in [0.2, 0.25) is 5.02 Å². The Bertz CT molecular complexity index is 779. The summed E-state index contributed by atoms with van der Waals surface area (Å²) in [6, 6.07) is 7.06. The van der Waals surface area contributed by atoms with Crippen LogP contribution in [0, 0.1) is 5.92 Å². The zero-order valence-corrected chi connectivity index (χ0v) is 15.5. The summed E-state index contributed by atoms with van der Waals surface area (Å²) in [6.07, 6.45) is 2.10. The molecule has 1 aliphatic heterocycles. The van der Waals surface area contributed by atoms with Crippen molar-refractivity contribution < 1.29 is 9.53 Å². The van der Waals surface area contributed by atoms with Gasteiger partial charge in [-0.1, -0.05) is 31.5 Å². The van der Waals surface area contributed by atoms with Crippen molar-refractivity contribution in [2.75, 3.05) is 0 Å². The van der Waals surface area contributed by atoms with Gasteiger partial charge in [-0.2, -0.15) is 0 Å². The Labute approximate surface area is 153 Å². The number of halogens is 1. The highest BCUT2D eigenvalue weighted by atomic mass is 35.5. The molecule has 6 heteroatoms. The molecular formula is C19H22ClN3O2. The quantitative estimate of drug-likeness (QED) is 0.817. The minimum atomic E-state index is -0.587. The van der Waals surface area contributed by atoms with E-state index in [1.807, 2.05) is 6.20 Å². The van der Waals surface area contributed by atoms with Crippen molar-refractivity contribution in [1.82, 2.24) is 14.9 Å². The van der Waals surface area contributed by atoms with Crippen molar-refractivity contribution in [3.05, 3.63) is 52.6 Å². The third kappa shape index (κ3) is 4.28. The number of ether oxygens (including phenoxy) is 1. The predicted octanol–water partition coefficient (Wildman–Crippen LogP) is 3.64. The Hall–Kier alpha value is -2.14. The third-order valence-corrected chi connectivity index (χ3v) is 4.30. The molecule has 0 N–H and O–H groups in total. The normalized spacial score (nSPS) is 14.5. The lowest BCUT2D eigenvalue weighted by molar-refractivity contribution is -0.138. The van der Waals surface area contributed by atoms with Crippen LogP contribution in [0.5, 0.6) is 5.75 Å². The van der Waals surface area contributed by atoms with Crippen molar-refractivity contribution in [1.29, 1.82) is 0 Å². The maximum atomic E-state index is 12.7. The molecule has 132 valence electrons. The molecule has 0 fully saturated rings. The second kappa shape index (κ2) is 7.40. The Kier molecular flexibility index (Phi) is 5.23. The molecule has 0 saturated heterocycles. The van der Waals surface area contributed by atoms with E-state index in [2.05, 4.69) is 23.8 Å². The molecule has 1 amide bonds. The molecule has 5 nitrogen and oxygen atoms in total. The van der Waals surface area contributed by atoms with E-state index in [1.165, 1.54) is 0 Å². The first-order chi connectivity index (χ1) is 11.9. The van der Waals surface area contributed by atoms with E-state index in [4.69, 9.17) is 16.3 Å². The number of fused-ring (bicyclic) bond motifs is 1. The maximum Gasteiger partial charge on any atom is 0.264 e. The summed E-state index contributed by atoms with van der Waals surface area (Å²) in [5, 5.41) is 0.582. The van der Waals surface area contributed by atoms with Crippen molar-refractivity contribution in [3.63, 3.8) is 0 Å². The van der Waals surface area contributed by atoms with Crippen LogP contribution >= 0.6 is 11.6 Å². The molecule has 2 heterocycles. The van der Waals surface area contributed by atoms with Gasteiger partial charge < -0.3 is 9.64 Å². The van der Waals surface area contributed by atoms with Crippen LogP contribution in [0.15, 0.2) is 30.5 Å². The predicted molar refractivity (Wildman–Crippen MR) is 96.4 cm³/mol. The van der Waals surface area contributed by atoms with Gasteiger partial charge in [-0.15, -0.1) is 0 Å². The van der Waals surface area contributed by atoms with E-state index in [0.717, 1.165) is 23.5 Å². The topological polar surface area (TPSA) is 55.3 Å². The average molecular weight is 360 g/mol. The first kappa shape index (κ1) is 17.7. The summed E-state index contributed by atoms with van der Waals surface area (Å²) in [7, 11) is 0. The molecule has 25 heavy (non-hydrogen) atoms. The summed E-state index contributed by atoms with van der Waals surface area (Å²) in [4.78, 5) is 23.5. The number of amides is 1. The smallest absolute Gasteiger partial charge is 0.264 e. The minimum Gasteiger partial charge on any atom is -0.481 e. The standard InChI is InChI=1S/C19H22ClN3O2/c1-12(2)7-18-21-9-14-10-23(11-17(14)22-18)19(24)13(3)25-16-6-4-5-15(20)8-16/h4-6,8-9,12-13H,7,10-11H2,1-3H3. The highest BCUT2D eigenvalue weighted by molar-refractivity contribution is 6.30. The second-order valence-corrected chi connectivity index (χ2v) is 7.20. The lowest BCUT2D eigenvalue weighted by Crippen LogP contribution is -2.37. The number of carbonyl (C=O) groups excluding carboxylic acids is 1. The lowest BCUT2D eigenvalue weighted by atomic mass is 10.1. The molecule has 0 bridgehead atoms. The number of hydrogen-bond donors (Lipinski definition) is 0. The van der Waals surface area contributed by atoms with Crippen molar-refractivity contribution in [2.45, 2.75) is 46.4 Å². The largest absolute Gasteiger partial charge is 0.481 e. The summed E-state index contributed by atoms with van der Waals surface area (Å²) in [5.74, 6) is 1.86. The first-order valence-corrected chi connectivity index (χ1v) is 8.85. The van der Waals surface area contributed by atoms with Crippen LogP contribution in [0.3, 0.4) is 0 Å². The van der Waals surface area contributed by atoms with Crippen molar-refractivity contribution in [3.8, 4) is 5.75 Å². The van der Waals surface area contributed by atoms with Crippen LogP contribution < -0.4 is 4.74 Å².